The average Bonchev–Trinajstić information content (AvgIpc) is 3.20. The number of aromatic nitrogens is 4. The molecule has 1 amide bonds. The highest BCUT2D eigenvalue weighted by Crippen LogP contribution is 2.40. The van der Waals surface area contributed by atoms with Crippen molar-refractivity contribution in [2.75, 3.05) is 0 Å². The van der Waals surface area contributed by atoms with Crippen molar-refractivity contribution < 1.29 is 4.79 Å². The lowest BCUT2D eigenvalue weighted by atomic mass is 10.1. The van der Waals surface area contributed by atoms with E-state index in [1.165, 1.54) is 6.33 Å². The zero-order valence-electron chi connectivity index (χ0n) is 13.6. The molecule has 3 rings (SSSR count). The molecule has 2 aromatic heterocycles. The molecule has 0 unspecified atom stereocenters. The molecule has 0 spiro atoms. The second kappa shape index (κ2) is 5.98. The molecule has 0 saturated heterocycles. The van der Waals surface area contributed by atoms with E-state index in [-0.39, 0.29) is 23.1 Å². The van der Waals surface area contributed by atoms with Gasteiger partial charge in [0.05, 0.1) is 6.04 Å². The molecule has 0 bridgehead atoms. The van der Waals surface area contributed by atoms with Gasteiger partial charge in [-0.15, -0.1) is 0 Å². The van der Waals surface area contributed by atoms with Gasteiger partial charge >= 0.3 is 0 Å². The Bertz CT molecular complexity index is 788. The summed E-state index contributed by atoms with van der Waals surface area (Å²) in [4.78, 5) is 31.8. The van der Waals surface area contributed by atoms with Gasteiger partial charge in [-0.25, -0.2) is 9.67 Å². The molecular formula is C16H21N5O2. The van der Waals surface area contributed by atoms with Crippen molar-refractivity contribution in [1.29, 1.82) is 0 Å². The average molecular weight is 315 g/mol. The highest BCUT2D eigenvalue weighted by Gasteiger charge is 2.37. The fourth-order valence-corrected chi connectivity index (χ4v) is 2.93. The van der Waals surface area contributed by atoms with E-state index >= 15 is 0 Å². The number of nitrogens with zero attached hydrogens (tertiary/aromatic N) is 3. The van der Waals surface area contributed by atoms with Gasteiger partial charge in [0.15, 0.2) is 0 Å². The SMILES string of the molecule is CCn1ncnc1[C@H](NC(=O)c1c(C)cc(C)[nH]c1=O)C1CC1. The number of hydrogen-bond donors (Lipinski definition) is 2. The Morgan fingerprint density at radius 3 is 2.83 bits per heavy atom. The van der Waals surface area contributed by atoms with Crippen LogP contribution in [0.5, 0.6) is 0 Å². The Morgan fingerprint density at radius 2 is 2.22 bits per heavy atom. The lowest BCUT2D eigenvalue weighted by Gasteiger charge is -2.18. The second-order valence-corrected chi connectivity index (χ2v) is 6.06. The lowest BCUT2D eigenvalue weighted by molar-refractivity contribution is 0.0926. The monoisotopic (exact) mass is 315 g/mol. The third-order valence-corrected chi connectivity index (χ3v) is 4.20. The molecule has 0 aromatic carbocycles. The Balaban J connectivity index is 1.90. The molecule has 0 radical (unpaired) electrons. The van der Waals surface area contributed by atoms with Gasteiger partial charge in [-0.3, -0.25) is 9.59 Å². The van der Waals surface area contributed by atoms with Gasteiger partial charge in [0, 0.05) is 12.2 Å². The van der Waals surface area contributed by atoms with Crippen molar-refractivity contribution in [2.24, 2.45) is 5.92 Å². The molecule has 2 aromatic rings. The van der Waals surface area contributed by atoms with Crippen molar-refractivity contribution in [2.45, 2.75) is 46.2 Å². The smallest absolute Gasteiger partial charge is 0.261 e. The van der Waals surface area contributed by atoms with Gasteiger partial charge in [-0.1, -0.05) is 0 Å². The summed E-state index contributed by atoms with van der Waals surface area (Å²) in [7, 11) is 0. The predicted octanol–water partition coefficient (Wildman–Crippen LogP) is 1.48. The Morgan fingerprint density at radius 1 is 1.48 bits per heavy atom. The van der Waals surface area contributed by atoms with E-state index in [2.05, 4.69) is 20.4 Å². The first-order valence-corrected chi connectivity index (χ1v) is 7.90. The normalized spacial score (nSPS) is 15.4. The Kier molecular flexibility index (Phi) is 4.02. The number of H-pyrrole nitrogens is 1. The number of nitrogens with one attached hydrogen (secondary N) is 2. The van der Waals surface area contributed by atoms with E-state index < -0.39 is 0 Å². The molecule has 122 valence electrons. The number of pyridine rings is 1. The maximum absolute atomic E-state index is 12.6. The van der Waals surface area contributed by atoms with Crippen LogP contribution in [0.2, 0.25) is 0 Å². The molecule has 23 heavy (non-hydrogen) atoms. The molecule has 1 aliphatic rings. The van der Waals surface area contributed by atoms with Crippen LogP contribution in [0, 0.1) is 19.8 Å². The van der Waals surface area contributed by atoms with E-state index in [0.29, 0.717) is 18.0 Å². The Hall–Kier alpha value is -2.44. The summed E-state index contributed by atoms with van der Waals surface area (Å²) >= 11 is 0. The summed E-state index contributed by atoms with van der Waals surface area (Å²) in [5, 5.41) is 7.17. The second-order valence-electron chi connectivity index (χ2n) is 6.06. The van der Waals surface area contributed by atoms with Gasteiger partial charge in [0.25, 0.3) is 11.5 Å². The van der Waals surface area contributed by atoms with Crippen molar-refractivity contribution in [3.8, 4) is 0 Å². The number of rotatable bonds is 5. The summed E-state index contributed by atoms with van der Waals surface area (Å²) in [6.45, 7) is 6.25. The Labute approximate surface area is 134 Å². The quantitative estimate of drug-likeness (QED) is 0.874. The first-order valence-electron chi connectivity index (χ1n) is 7.90. The molecule has 1 fully saturated rings. The van der Waals surface area contributed by atoms with Gasteiger partial charge in [-0.05, 0) is 51.2 Å². The summed E-state index contributed by atoms with van der Waals surface area (Å²) in [6, 6.07) is 1.60. The van der Waals surface area contributed by atoms with E-state index in [9.17, 15) is 9.59 Å². The molecule has 0 aliphatic heterocycles. The minimum Gasteiger partial charge on any atom is -0.342 e. The van der Waals surface area contributed by atoms with Crippen LogP contribution in [-0.4, -0.2) is 25.7 Å². The number of aromatic amines is 1. The maximum atomic E-state index is 12.6. The van der Waals surface area contributed by atoms with Crippen LogP contribution >= 0.6 is 0 Å². The molecule has 1 saturated carbocycles. The molecule has 7 nitrogen and oxygen atoms in total. The molecule has 2 heterocycles. The summed E-state index contributed by atoms with van der Waals surface area (Å²) in [6.07, 6.45) is 3.60. The minimum atomic E-state index is -0.355. The third-order valence-electron chi connectivity index (χ3n) is 4.20. The zero-order chi connectivity index (χ0) is 16.6. The predicted molar refractivity (Wildman–Crippen MR) is 85.2 cm³/mol. The van der Waals surface area contributed by atoms with E-state index in [1.807, 2.05) is 6.92 Å². The highest BCUT2D eigenvalue weighted by molar-refractivity contribution is 5.95. The van der Waals surface area contributed by atoms with Crippen LogP contribution in [0.3, 0.4) is 0 Å². The first-order chi connectivity index (χ1) is 11.0. The van der Waals surface area contributed by atoms with Gasteiger partial charge in [0.1, 0.15) is 17.7 Å². The van der Waals surface area contributed by atoms with Crippen molar-refractivity contribution in [3.63, 3.8) is 0 Å². The standard InChI is InChI=1S/C16H21N5O2/c1-4-21-14(17-8-18-21)13(11-5-6-11)20-16(23)12-9(2)7-10(3)19-15(12)22/h7-8,11,13H,4-6H2,1-3H3,(H,19,22)(H,20,23)/t13-/m1/s1. The van der Waals surface area contributed by atoms with Gasteiger partial charge in [-0.2, -0.15) is 5.10 Å². The topological polar surface area (TPSA) is 92.7 Å². The number of hydrogen-bond acceptors (Lipinski definition) is 4. The maximum Gasteiger partial charge on any atom is 0.261 e. The van der Waals surface area contributed by atoms with Crippen molar-refractivity contribution in [3.05, 3.63) is 45.4 Å². The van der Waals surface area contributed by atoms with Crippen LogP contribution in [0.4, 0.5) is 0 Å². The summed E-state index contributed by atoms with van der Waals surface area (Å²) in [5.74, 6) is 0.758. The highest BCUT2D eigenvalue weighted by atomic mass is 16.2. The van der Waals surface area contributed by atoms with E-state index in [0.717, 1.165) is 24.4 Å². The van der Waals surface area contributed by atoms with Crippen molar-refractivity contribution >= 4 is 5.91 Å². The van der Waals surface area contributed by atoms with Gasteiger partial charge in [0.2, 0.25) is 0 Å². The summed E-state index contributed by atoms with van der Waals surface area (Å²) in [5.41, 5.74) is 1.24. The number of carbonyl (C=O) groups is 1. The van der Waals surface area contributed by atoms with Crippen LogP contribution in [-0.2, 0) is 6.54 Å². The summed E-state index contributed by atoms with van der Waals surface area (Å²) < 4.78 is 1.79. The van der Waals surface area contributed by atoms with Crippen LogP contribution in [0.25, 0.3) is 0 Å². The number of carbonyl (C=O) groups excluding carboxylic acids is 1. The minimum absolute atomic E-state index is 0.170. The lowest BCUT2D eigenvalue weighted by Crippen LogP contribution is -2.36. The fraction of sp³-hybridized carbons (Fsp3) is 0.500. The van der Waals surface area contributed by atoms with Crippen LogP contribution in [0.15, 0.2) is 17.2 Å². The number of amides is 1. The van der Waals surface area contributed by atoms with Crippen LogP contribution in [0.1, 0.15) is 53.2 Å². The number of aryl methyl sites for hydroxylation is 3. The molecule has 7 heteroatoms. The zero-order valence-corrected chi connectivity index (χ0v) is 13.6. The molecule has 2 N–H and O–H groups in total. The molecular weight excluding hydrogens is 294 g/mol. The first kappa shape index (κ1) is 15.5. The van der Waals surface area contributed by atoms with Gasteiger partial charge < -0.3 is 10.3 Å². The molecule has 1 atom stereocenters. The fourth-order valence-electron chi connectivity index (χ4n) is 2.93. The van der Waals surface area contributed by atoms with Crippen LogP contribution < -0.4 is 10.9 Å². The van der Waals surface area contributed by atoms with Crippen molar-refractivity contribution in [1.82, 2.24) is 25.1 Å². The van der Waals surface area contributed by atoms with E-state index in [1.54, 1.807) is 24.6 Å². The third kappa shape index (κ3) is 3.04. The van der Waals surface area contributed by atoms with E-state index in [4.69, 9.17) is 0 Å². The largest absolute Gasteiger partial charge is 0.342 e. The molecule has 1 aliphatic carbocycles.